The summed E-state index contributed by atoms with van der Waals surface area (Å²) in [5.74, 6) is 1.64. The average Bonchev–Trinajstić information content (AvgIpc) is 2.18. The Bertz CT molecular complexity index is 342. The second-order valence-electron chi connectivity index (χ2n) is 4.33. The molecule has 0 aliphatic heterocycles. The van der Waals surface area contributed by atoms with Gasteiger partial charge >= 0.3 is 0 Å². The van der Waals surface area contributed by atoms with Gasteiger partial charge in [0.2, 0.25) is 0 Å². The molecule has 3 heteroatoms. The lowest BCUT2D eigenvalue weighted by atomic mass is 10.1. The van der Waals surface area contributed by atoms with E-state index in [9.17, 15) is 0 Å². The van der Waals surface area contributed by atoms with Gasteiger partial charge in [0.1, 0.15) is 0 Å². The fourth-order valence-corrected chi connectivity index (χ4v) is 1.07. The van der Waals surface area contributed by atoms with E-state index in [2.05, 4.69) is 49.8 Å². The van der Waals surface area contributed by atoms with Crippen LogP contribution in [-0.4, -0.2) is 10.2 Å². The molecule has 1 aromatic heterocycles. The molecule has 0 aromatic carbocycles. The third-order valence-electron chi connectivity index (χ3n) is 2.33. The first kappa shape index (κ1) is 11.7. The zero-order valence-corrected chi connectivity index (χ0v) is 9.91. The summed E-state index contributed by atoms with van der Waals surface area (Å²) in [5, 5.41) is 11.2. The molecule has 15 heavy (non-hydrogen) atoms. The molecule has 0 saturated heterocycles. The van der Waals surface area contributed by atoms with Gasteiger partial charge in [-0.25, -0.2) is 0 Å². The van der Waals surface area contributed by atoms with Gasteiger partial charge in [-0.2, -0.15) is 5.10 Å². The molecule has 1 rings (SSSR count). The summed E-state index contributed by atoms with van der Waals surface area (Å²) >= 11 is 0. The lowest BCUT2D eigenvalue weighted by molar-refractivity contribution is 0.773. The molecular weight excluding hydrogens is 186 g/mol. The van der Waals surface area contributed by atoms with Crippen molar-refractivity contribution in [1.29, 1.82) is 0 Å². The van der Waals surface area contributed by atoms with Gasteiger partial charge in [-0.05, 0) is 23.5 Å². The number of aromatic nitrogens is 2. The summed E-state index contributed by atoms with van der Waals surface area (Å²) in [7, 11) is 0. The minimum Gasteiger partial charge on any atom is -0.343 e. The highest BCUT2D eigenvalue weighted by Crippen LogP contribution is 2.17. The number of allylic oxidation sites excluding steroid dienone is 1. The van der Waals surface area contributed by atoms with E-state index in [-0.39, 0.29) is 0 Å². The molecule has 0 radical (unpaired) electrons. The van der Waals surface area contributed by atoms with Crippen molar-refractivity contribution >= 4 is 5.82 Å². The van der Waals surface area contributed by atoms with Gasteiger partial charge < -0.3 is 5.32 Å². The van der Waals surface area contributed by atoms with Crippen LogP contribution in [0.25, 0.3) is 0 Å². The quantitative estimate of drug-likeness (QED) is 0.820. The largest absolute Gasteiger partial charge is 0.343 e. The number of anilines is 1. The number of hydrogen-bond acceptors (Lipinski definition) is 3. The van der Waals surface area contributed by atoms with Crippen LogP contribution in [0, 0.1) is 5.92 Å². The normalized spacial score (nSPS) is 10.8. The van der Waals surface area contributed by atoms with E-state index in [0.717, 1.165) is 11.5 Å². The van der Waals surface area contributed by atoms with Gasteiger partial charge in [-0.3, -0.25) is 0 Å². The Hall–Kier alpha value is -1.38. The van der Waals surface area contributed by atoms with Gasteiger partial charge in [0, 0.05) is 5.70 Å². The van der Waals surface area contributed by atoms with E-state index in [1.54, 1.807) is 6.20 Å². The van der Waals surface area contributed by atoms with E-state index in [4.69, 9.17) is 0 Å². The first-order valence-corrected chi connectivity index (χ1v) is 5.29. The third kappa shape index (κ3) is 3.35. The van der Waals surface area contributed by atoms with Gasteiger partial charge in [0.05, 0.1) is 6.20 Å². The maximum atomic E-state index is 4.02. The SMILES string of the molecule is C=C(Nc1cc(C(C)C)cnn1)C(C)C. The minimum atomic E-state index is 0.398. The highest BCUT2D eigenvalue weighted by molar-refractivity contribution is 5.42. The Kier molecular flexibility index (Phi) is 3.83. The molecule has 0 saturated carbocycles. The van der Waals surface area contributed by atoms with Gasteiger partial charge in [-0.15, -0.1) is 5.10 Å². The van der Waals surface area contributed by atoms with Crippen LogP contribution in [0.15, 0.2) is 24.5 Å². The summed E-state index contributed by atoms with van der Waals surface area (Å²) < 4.78 is 0. The Morgan fingerprint density at radius 3 is 2.53 bits per heavy atom. The first-order chi connectivity index (χ1) is 7.00. The number of nitrogens with zero attached hydrogens (tertiary/aromatic N) is 2. The number of hydrogen-bond donors (Lipinski definition) is 1. The zero-order valence-electron chi connectivity index (χ0n) is 9.91. The Balaban J connectivity index is 2.78. The van der Waals surface area contributed by atoms with Gasteiger partial charge in [0.15, 0.2) is 5.82 Å². The second-order valence-corrected chi connectivity index (χ2v) is 4.33. The molecule has 1 aromatic rings. The Morgan fingerprint density at radius 2 is 2.00 bits per heavy atom. The summed E-state index contributed by atoms with van der Waals surface area (Å²) in [5.41, 5.74) is 2.15. The molecule has 1 N–H and O–H groups in total. The molecule has 82 valence electrons. The number of nitrogens with one attached hydrogen (secondary N) is 1. The van der Waals surface area contributed by atoms with E-state index in [0.29, 0.717) is 11.8 Å². The molecule has 3 nitrogen and oxygen atoms in total. The molecule has 0 amide bonds. The minimum absolute atomic E-state index is 0.398. The predicted octanol–water partition coefficient (Wildman–Crippen LogP) is 3.18. The summed E-state index contributed by atoms with van der Waals surface area (Å²) in [4.78, 5) is 0. The van der Waals surface area contributed by atoms with Crippen LogP contribution in [0.3, 0.4) is 0 Å². The molecule has 0 fully saturated rings. The van der Waals surface area contributed by atoms with Crippen LogP contribution in [0.5, 0.6) is 0 Å². The van der Waals surface area contributed by atoms with E-state index >= 15 is 0 Å². The topological polar surface area (TPSA) is 37.8 Å². The lowest BCUT2D eigenvalue weighted by Gasteiger charge is -2.12. The highest BCUT2D eigenvalue weighted by Gasteiger charge is 2.05. The molecule has 0 atom stereocenters. The molecule has 1 heterocycles. The summed E-state index contributed by atoms with van der Waals surface area (Å²) in [6.45, 7) is 12.4. The molecular formula is C12H19N3. The molecule has 0 spiro atoms. The van der Waals surface area contributed by atoms with Crippen molar-refractivity contribution in [2.45, 2.75) is 33.6 Å². The zero-order chi connectivity index (χ0) is 11.4. The fourth-order valence-electron chi connectivity index (χ4n) is 1.07. The van der Waals surface area contributed by atoms with Crippen LogP contribution >= 0.6 is 0 Å². The van der Waals surface area contributed by atoms with Gasteiger partial charge in [0.25, 0.3) is 0 Å². The van der Waals surface area contributed by atoms with Crippen LogP contribution in [0.4, 0.5) is 5.82 Å². The smallest absolute Gasteiger partial charge is 0.153 e. The molecule has 0 aliphatic rings. The lowest BCUT2D eigenvalue weighted by Crippen LogP contribution is -2.07. The maximum absolute atomic E-state index is 4.02. The van der Waals surface area contributed by atoms with E-state index in [1.807, 2.05) is 6.07 Å². The van der Waals surface area contributed by atoms with Crippen molar-refractivity contribution in [3.05, 3.63) is 30.1 Å². The summed E-state index contributed by atoms with van der Waals surface area (Å²) in [6, 6.07) is 2.02. The monoisotopic (exact) mass is 205 g/mol. The standard InChI is InChI=1S/C12H19N3/c1-8(2)10(5)14-12-6-11(9(3)4)7-13-15-12/h6-9H,5H2,1-4H3,(H,14,15). The van der Waals surface area contributed by atoms with Crippen molar-refractivity contribution in [2.75, 3.05) is 5.32 Å². The fraction of sp³-hybridized carbons (Fsp3) is 0.500. The van der Waals surface area contributed by atoms with Crippen molar-refractivity contribution in [3.8, 4) is 0 Å². The molecule has 0 unspecified atom stereocenters. The molecule has 0 bridgehead atoms. The Morgan fingerprint density at radius 1 is 1.33 bits per heavy atom. The van der Waals surface area contributed by atoms with Crippen LogP contribution in [-0.2, 0) is 0 Å². The van der Waals surface area contributed by atoms with Crippen LogP contribution < -0.4 is 5.32 Å². The van der Waals surface area contributed by atoms with Crippen LogP contribution in [0.2, 0.25) is 0 Å². The van der Waals surface area contributed by atoms with E-state index < -0.39 is 0 Å². The van der Waals surface area contributed by atoms with Gasteiger partial charge in [-0.1, -0.05) is 34.3 Å². The van der Waals surface area contributed by atoms with Crippen molar-refractivity contribution in [2.24, 2.45) is 5.92 Å². The van der Waals surface area contributed by atoms with Crippen molar-refractivity contribution in [1.82, 2.24) is 10.2 Å². The first-order valence-electron chi connectivity index (χ1n) is 5.29. The highest BCUT2D eigenvalue weighted by atomic mass is 15.2. The number of rotatable bonds is 4. The van der Waals surface area contributed by atoms with Crippen molar-refractivity contribution < 1.29 is 0 Å². The van der Waals surface area contributed by atoms with Crippen LogP contribution in [0.1, 0.15) is 39.2 Å². The van der Waals surface area contributed by atoms with E-state index in [1.165, 1.54) is 5.56 Å². The molecule has 0 aliphatic carbocycles. The summed E-state index contributed by atoms with van der Waals surface area (Å²) in [6.07, 6.45) is 1.80. The Labute approximate surface area is 91.6 Å². The average molecular weight is 205 g/mol. The van der Waals surface area contributed by atoms with Crippen molar-refractivity contribution in [3.63, 3.8) is 0 Å². The third-order valence-corrected chi connectivity index (χ3v) is 2.33. The maximum Gasteiger partial charge on any atom is 0.153 e. The second kappa shape index (κ2) is 4.91. The predicted molar refractivity (Wildman–Crippen MR) is 63.7 cm³/mol.